The Balaban J connectivity index is 0.000000128. The highest BCUT2D eigenvalue weighted by molar-refractivity contribution is 6.06. The lowest BCUT2D eigenvalue weighted by Gasteiger charge is -2.64. The van der Waals surface area contributed by atoms with Crippen molar-refractivity contribution in [2.75, 3.05) is 59.6 Å². The van der Waals surface area contributed by atoms with Crippen molar-refractivity contribution in [2.24, 2.45) is 22.7 Å². The zero-order valence-electron chi connectivity index (χ0n) is 61.7. The van der Waals surface area contributed by atoms with Crippen LogP contribution in [-0.4, -0.2) is 122 Å². The van der Waals surface area contributed by atoms with Gasteiger partial charge in [0.15, 0.2) is 24.1 Å². The van der Waals surface area contributed by atoms with Crippen LogP contribution in [0.5, 0.6) is 34.5 Å². The third-order valence-electron chi connectivity index (χ3n) is 23.3. The third-order valence-corrected chi connectivity index (χ3v) is 23.3. The number of ether oxygens (including phenoxy) is 8. The Morgan fingerprint density at radius 3 is 2.36 bits per heavy atom. The smallest absolute Gasteiger partial charge is 0.302 e. The number of hydrogen-bond acceptors (Lipinski definition) is 17. The lowest BCUT2D eigenvalue weighted by Crippen LogP contribution is -2.64. The van der Waals surface area contributed by atoms with Gasteiger partial charge < -0.3 is 77.1 Å². The van der Waals surface area contributed by atoms with Gasteiger partial charge in [-0.1, -0.05) is 100 Å². The Morgan fingerprint density at radius 1 is 0.783 bits per heavy atom. The van der Waals surface area contributed by atoms with Crippen LogP contribution in [0, 0.1) is 34.0 Å². The van der Waals surface area contributed by atoms with E-state index in [1.165, 1.54) is 6.92 Å². The number of rotatable bonds is 9. The Hall–Kier alpha value is -10.5. The van der Waals surface area contributed by atoms with E-state index in [4.69, 9.17) is 37.9 Å². The molecule has 7 aliphatic rings. The Labute approximate surface area is 618 Å². The van der Waals surface area contributed by atoms with Crippen molar-refractivity contribution in [2.45, 2.75) is 130 Å². The lowest BCUT2D eigenvalue weighted by atomic mass is 9.44. The summed E-state index contributed by atoms with van der Waals surface area (Å²) in [5.41, 5.74) is 11.2. The highest BCUT2D eigenvalue weighted by Crippen LogP contribution is 2.66. The fraction of sp³-hybridized carbons (Fsp3) is 0.376. The van der Waals surface area contributed by atoms with Crippen LogP contribution in [0.2, 0.25) is 0 Å². The predicted octanol–water partition coefficient (Wildman–Crippen LogP) is 15.1. The maximum absolute atomic E-state index is 13.9. The van der Waals surface area contributed by atoms with Gasteiger partial charge in [-0.25, -0.2) is 9.97 Å². The van der Waals surface area contributed by atoms with Crippen LogP contribution < -0.4 is 29.6 Å². The molecular weight excluding hydrogens is 1340 g/mol. The first-order chi connectivity index (χ1) is 51.2. The van der Waals surface area contributed by atoms with Gasteiger partial charge in [0.05, 0.1) is 47.3 Å². The Bertz CT molecular complexity index is 5040. The number of benzene rings is 7. The molecule has 2 saturated carbocycles. The van der Waals surface area contributed by atoms with Crippen molar-refractivity contribution >= 4 is 39.1 Å². The second-order valence-corrected chi connectivity index (χ2v) is 30.3. The van der Waals surface area contributed by atoms with E-state index < -0.39 is 12.6 Å². The first kappa shape index (κ1) is 71.2. The van der Waals surface area contributed by atoms with E-state index in [1.54, 1.807) is 20.3 Å². The molecule has 8 atom stereocenters. The average molecular weight is 1430 g/mol. The summed E-state index contributed by atoms with van der Waals surface area (Å²) in [6.07, 6.45) is 14.7. The molecular formula is C85H92N10O11. The van der Waals surface area contributed by atoms with Crippen molar-refractivity contribution in [3.8, 4) is 51.7 Å². The third kappa shape index (κ3) is 13.7. The normalized spacial score (nSPS) is 23.4. The number of phenols is 1. The van der Waals surface area contributed by atoms with Crippen molar-refractivity contribution < 1.29 is 52.6 Å². The number of imidazole rings is 2. The fourth-order valence-corrected chi connectivity index (χ4v) is 17.5. The summed E-state index contributed by atoms with van der Waals surface area (Å²) in [5.74, 6) is 4.15. The summed E-state index contributed by atoms with van der Waals surface area (Å²) in [6.45, 7) is 23.0. The van der Waals surface area contributed by atoms with Gasteiger partial charge in [-0.15, -0.1) is 0 Å². The average Bonchev–Trinajstić information content (AvgIpc) is 0.948. The van der Waals surface area contributed by atoms with Crippen LogP contribution >= 0.6 is 0 Å². The van der Waals surface area contributed by atoms with Gasteiger partial charge >= 0.3 is 5.97 Å². The van der Waals surface area contributed by atoms with Gasteiger partial charge in [0.1, 0.15) is 40.8 Å². The Kier molecular flexibility index (Phi) is 19.5. The molecule has 3 fully saturated rings. The number of aromatic hydroxyl groups is 1. The maximum Gasteiger partial charge on any atom is 0.302 e. The molecule has 4 bridgehead atoms. The van der Waals surface area contributed by atoms with Crippen LogP contribution in [0.1, 0.15) is 135 Å². The molecule has 1 amide bonds. The van der Waals surface area contributed by atoms with Gasteiger partial charge in [0.2, 0.25) is 6.79 Å². The van der Waals surface area contributed by atoms with Gasteiger partial charge in [0.25, 0.3) is 5.91 Å². The predicted molar refractivity (Wildman–Crippen MR) is 404 cm³/mol. The number of hydrogen-bond donors (Lipinski definition) is 3. The molecule has 0 radical (unpaired) electrons. The van der Waals surface area contributed by atoms with Gasteiger partial charge in [-0.05, 0) is 146 Å². The number of fused-ring (bicyclic) bond motifs is 12. The first-order valence-corrected chi connectivity index (χ1v) is 36.6. The molecule has 2 aliphatic carbocycles. The van der Waals surface area contributed by atoms with Gasteiger partial charge in [-0.3, -0.25) is 9.59 Å². The van der Waals surface area contributed by atoms with E-state index >= 15 is 0 Å². The molecule has 5 aliphatic heterocycles. The summed E-state index contributed by atoms with van der Waals surface area (Å²) in [5, 5.41) is 32.1. The van der Waals surface area contributed by atoms with Crippen molar-refractivity contribution in [3.05, 3.63) is 221 Å². The van der Waals surface area contributed by atoms with Crippen LogP contribution in [0.3, 0.4) is 0 Å². The minimum Gasteiger partial charge on any atom is -0.508 e. The minimum absolute atomic E-state index is 0.0114. The summed E-state index contributed by atoms with van der Waals surface area (Å²) in [7, 11) is 5.29. The molecule has 17 rings (SSSR count). The molecule has 0 spiro atoms. The van der Waals surface area contributed by atoms with E-state index in [0.717, 1.165) is 159 Å². The largest absolute Gasteiger partial charge is 0.508 e. The Morgan fingerprint density at radius 2 is 1.56 bits per heavy atom. The number of phenolic OH excluding ortho intramolecular Hbond substituents is 1. The topological polar surface area (TPSA) is 223 Å². The molecule has 21 nitrogen and oxygen atoms in total. The van der Waals surface area contributed by atoms with Crippen molar-refractivity contribution in [1.29, 1.82) is 5.26 Å². The van der Waals surface area contributed by atoms with Crippen LogP contribution in [-0.2, 0) is 56.3 Å². The monoisotopic (exact) mass is 1430 g/mol. The van der Waals surface area contributed by atoms with E-state index in [0.29, 0.717) is 54.9 Å². The first-order valence-electron chi connectivity index (χ1n) is 36.6. The zero-order valence-corrected chi connectivity index (χ0v) is 61.7. The number of likely N-dealkylation sites (N-methyl/N-ethyl adjacent to an activating group) is 1. The number of amides is 1. The zero-order chi connectivity index (χ0) is 73.8. The van der Waals surface area contributed by atoms with Crippen LogP contribution in [0.4, 0.5) is 5.69 Å². The standard InChI is InChI=1S/C32H31N5O3.C27H38O7.C26H23N5O/c1-34-11-13-36(14-12-34)32(38)29-20-35(19-28(29)27-8-4-6-24-5-2-3-7-26(24)27)18-25-16-33-21-37(25)17-23-9-10-30-31(15-23)40-22-39-30;1-14(28)32-20-9-10-26(4)18(25(20,2)3)8-11-27(5)19(26)13-15-17(29)12-16-21(22(15)34-27)24(31-7)33-23(16)30-6;1-17-18(2)30-25-5-3-4-20-8-9-23(11-24(20)25)32-26-10-19(6-7-21(26)12-27)15-31-16-28-13-22(31)14-29-17/h2-10,15-16,19-21H,11-14,17-18,22H2,1H3;12,18-20,23-24,29H,8-11,13H2,1-7H3;3-11,13,16-17,29-30H,2,14-15H2,1H3/t;18-,19+,20+,23?,24?,26-,27-;17-/m.01/s1. The quantitative estimate of drug-likeness (QED) is 0.114. The number of aromatic nitrogens is 5. The molecule has 1 saturated heterocycles. The molecule has 21 heteroatoms. The van der Waals surface area contributed by atoms with E-state index in [9.17, 15) is 20.0 Å². The summed E-state index contributed by atoms with van der Waals surface area (Å²) < 4.78 is 53.3. The molecule has 10 aromatic rings. The van der Waals surface area contributed by atoms with Crippen molar-refractivity contribution in [3.63, 3.8) is 0 Å². The van der Waals surface area contributed by atoms with Crippen LogP contribution in [0.25, 0.3) is 32.7 Å². The molecule has 7 aromatic carbocycles. The SMILES string of the molecule is C=C1Nc2cccc3ccc(cc23)Oc2cc(ccc2C#N)Cn2cncc2CN[C@@H]1C.CN1CCN(C(=O)c2cn(Cc3cncn3Cc3ccc4c(c3)OCO4)cc2-c2cccc3ccccc23)CC1.COC1OC(OC)c2c1cc(O)c1c2O[C@@]2(C)CC[C@H]3C(C)(C)[C@H](OC(C)=O)CC[C@]3(C)[C@H]2C1. The maximum atomic E-state index is 13.9. The summed E-state index contributed by atoms with van der Waals surface area (Å²) >= 11 is 0. The number of nitriles is 1. The number of methoxy groups -OCH3 is 2. The molecule has 8 heterocycles. The van der Waals surface area contributed by atoms with E-state index in [-0.39, 0.29) is 58.9 Å². The van der Waals surface area contributed by atoms with Gasteiger partial charge in [-0.2, -0.15) is 5.26 Å². The number of nitrogens with zero attached hydrogens (tertiary/aromatic N) is 8. The lowest BCUT2D eigenvalue weighted by molar-refractivity contribution is -0.219. The van der Waals surface area contributed by atoms with Crippen LogP contribution in [0.15, 0.2) is 171 Å². The highest BCUT2D eigenvalue weighted by atomic mass is 16.8. The molecule has 106 heavy (non-hydrogen) atoms. The number of carbonyl (C=O) groups is 2. The molecule has 2 unspecified atom stereocenters. The minimum atomic E-state index is -0.601. The van der Waals surface area contributed by atoms with E-state index in [2.05, 4.69) is 154 Å². The second kappa shape index (κ2) is 29.1. The number of anilines is 1. The molecule has 3 N–H and O–H groups in total. The van der Waals surface area contributed by atoms with Gasteiger partial charge in [0, 0.05) is 143 Å². The second-order valence-electron chi connectivity index (χ2n) is 30.3. The van der Waals surface area contributed by atoms with E-state index in [1.807, 2.05) is 96.8 Å². The molecule has 3 aromatic heterocycles. The summed E-state index contributed by atoms with van der Waals surface area (Å²) in [6, 6.07) is 42.5. The number of esters is 1. The molecule has 548 valence electrons. The summed E-state index contributed by atoms with van der Waals surface area (Å²) in [4.78, 5) is 38.7. The number of carbonyl (C=O) groups excluding carboxylic acids is 2. The number of piperazine rings is 1. The fourth-order valence-electron chi connectivity index (χ4n) is 17.5. The number of nitrogens with one attached hydrogen (secondary N) is 2. The van der Waals surface area contributed by atoms with Crippen molar-refractivity contribution in [1.82, 2.24) is 38.8 Å². The highest BCUT2D eigenvalue weighted by Gasteiger charge is 2.64.